The molecular weight excluding hydrogens is 206 g/mol. The van der Waals surface area contributed by atoms with Crippen LogP contribution in [0.3, 0.4) is 0 Å². The first kappa shape index (κ1) is 15.8. The summed E-state index contributed by atoms with van der Waals surface area (Å²) in [4.78, 5) is 2.23. The van der Waals surface area contributed by atoms with Gasteiger partial charge in [-0.1, -0.05) is 13.8 Å². The third kappa shape index (κ3) is 8.05. The maximum absolute atomic E-state index is 9.79. The Hall–Kier alpha value is -0.160. The molecule has 2 atom stereocenters. The van der Waals surface area contributed by atoms with Gasteiger partial charge < -0.3 is 19.5 Å². The molecule has 0 radical (unpaired) electrons. The number of methoxy groups -OCH3 is 1. The van der Waals surface area contributed by atoms with E-state index in [1.54, 1.807) is 7.11 Å². The average Bonchev–Trinajstić information content (AvgIpc) is 2.26. The molecule has 0 saturated heterocycles. The van der Waals surface area contributed by atoms with Gasteiger partial charge >= 0.3 is 0 Å². The minimum atomic E-state index is -0.411. The molecule has 0 amide bonds. The van der Waals surface area contributed by atoms with Gasteiger partial charge in [-0.15, -0.1) is 0 Å². The normalized spacial score (nSPS) is 15.4. The number of hydrogen-bond donors (Lipinski definition) is 1. The fraction of sp³-hybridized carbons (Fsp3) is 1.00. The molecule has 0 rings (SSSR count). The quantitative estimate of drug-likeness (QED) is 0.614. The van der Waals surface area contributed by atoms with Crippen LogP contribution in [0.1, 0.15) is 27.2 Å². The second-order valence-corrected chi connectivity index (χ2v) is 4.15. The molecule has 0 saturated carbocycles. The summed E-state index contributed by atoms with van der Waals surface area (Å²) in [7, 11) is 1.65. The van der Waals surface area contributed by atoms with Crippen molar-refractivity contribution in [1.29, 1.82) is 0 Å². The summed E-state index contributed by atoms with van der Waals surface area (Å²) in [6, 6.07) is 0. The standard InChI is InChI=1S/C12H27NO3/c1-5-7-13(6-2)8-12(14)10-16-11(3)9-15-4/h11-12,14H,5-10H2,1-4H3. The lowest BCUT2D eigenvalue weighted by atomic mass is 10.3. The van der Waals surface area contributed by atoms with Crippen molar-refractivity contribution in [1.82, 2.24) is 4.90 Å². The van der Waals surface area contributed by atoms with Crippen molar-refractivity contribution < 1.29 is 14.6 Å². The van der Waals surface area contributed by atoms with E-state index in [4.69, 9.17) is 9.47 Å². The zero-order valence-electron chi connectivity index (χ0n) is 11.1. The van der Waals surface area contributed by atoms with E-state index in [0.29, 0.717) is 19.8 Å². The zero-order valence-corrected chi connectivity index (χ0v) is 11.1. The molecular formula is C12H27NO3. The Bertz CT molecular complexity index is 155. The van der Waals surface area contributed by atoms with Gasteiger partial charge in [-0.3, -0.25) is 0 Å². The number of hydrogen-bond acceptors (Lipinski definition) is 4. The molecule has 0 heterocycles. The molecule has 0 bridgehead atoms. The van der Waals surface area contributed by atoms with Crippen LogP contribution in [0.4, 0.5) is 0 Å². The summed E-state index contributed by atoms with van der Waals surface area (Å²) in [6.07, 6.45) is 0.744. The molecule has 0 aromatic carbocycles. The van der Waals surface area contributed by atoms with Crippen LogP contribution in [-0.2, 0) is 9.47 Å². The van der Waals surface area contributed by atoms with E-state index in [1.165, 1.54) is 0 Å². The molecule has 0 aromatic rings. The van der Waals surface area contributed by atoms with E-state index < -0.39 is 6.10 Å². The van der Waals surface area contributed by atoms with Gasteiger partial charge in [0.1, 0.15) is 0 Å². The number of likely N-dealkylation sites (N-methyl/N-ethyl adjacent to an activating group) is 1. The minimum Gasteiger partial charge on any atom is -0.389 e. The molecule has 4 heteroatoms. The van der Waals surface area contributed by atoms with E-state index in [-0.39, 0.29) is 6.10 Å². The molecule has 0 aliphatic rings. The Morgan fingerprint density at radius 1 is 1.25 bits per heavy atom. The number of nitrogens with zero attached hydrogens (tertiary/aromatic N) is 1. The number of aliphatic hydroxyl groups is 1. The molecule has 4 nitrogen and oxygen atoms in total. The smallest absolute Gasteiger partial charge is 0.0900 e. The highest BCUT2D eigenvalue weighted by molar-refractivity contribution is 4.63. The van der Waals surface area contributed by atoms with Gasteiger partial charge in [0.05, 0.1) is 25.4 Å². The summed E-state index contributed by atoms with van der Waals surface area (Å²) in [5.74, 6) is 0. The molecule has 16 heavy (non-hydrogen) atoms. The number of ether oxygens (including phenoxy) is 2. The van der Waals surface area contributed by atoms with Crippen LogP contribution in [0.2, 0.25) is 0 Å². The maximum atomic E-state index is 9.79. The fourth-order valence-corrected chi connectivity index (χ4v) is 1.60. The van der Waals surface area contributed by atoms with Gasteiger partial charge in [0.25, 0.3) is 0 Å². The maximum Gasteiger partial charge on any atom is 0.0900 e. The second-order valence-electron chi connectivity index (χ2n) is 4.15. The number of aliphatic hydroxyl groups excluding tert-OH is 1. The topological polar surface area (TPSA) is 41.9 Å². The van der Waals surface area contributed by atoms with E-state index in [9.17, 15) is 5.11 Å². The molecule has 0 aliphatic carbocycles. The lowest BCUT2D eigenvalue weighted by Gasteiger charge is -2.23. The average molecular weight is 233 g/mol. The lowest BCUT2D eigenvalue weighted by molar-refractivity contribution is -0.0393. The third-order valence-corrected chi connectivity index (χ3v) is 2.43. The van der Waals surface area contributed by atoms with E-state index >= 15 is 0 Å². The van der Waals surface area contributed by atoms with Crippen molar-refractivity contribution in [2.45, 2.75) is 39.4 Å². The molecule has 0 fully saturated rings. The van der Waals surface area contributed by atoms with Crippen molar-refractivity contribution in [3.63, 3.8) is 0 Å². The van der Waals surface area contributed by atoms with Gasteiger partial charge in [0.2, 0.25) is 0 Å². The largest absolute Gasteiger partial charge is 0.389 e. The van der Waals surface area contributed by atoms with Gasteiger partial charge in [-0.2, -0.15) is 0 Å². The van der Waals surface area contributed by atoms with Crippen LogP contribution in [-0.4, -0.2) is 62.2 Å². The minimum absolute atomic E-state index is 0.0425. The Morgan fingerprint density at radius 2 is 1.94 bits per heavy atom. The zero-order chi connectivity index (χ0) is 12.4. The van der Waals surface area contributed by atoms with E-state index in [2.05, 4.69) is 18.7 Å². The second kappa shape index (κ2) is 10.0. The monoisotopic (exact) mass is 233 g/mol. The first-order valence-corrected chi connectivity index (χ1v) is 6.14. The first-order valence-electron chi connectivity index (χ1n) is 6.14. The van der Waals surface area contributed by atoms with E-state index in [0.717, 1.165) is 19.5 Å². The predicted octanol–water partition coefficient (Wildman–Crippen LogP) is 1.13. The van der Waals surface area contributed by atoms with Crippen LogP contribution >= 0.6 is 0 Å². The molecule has 0 aliphatic heterocycles. The first-order chi connectivity index (χ1) is 7.63. The summed E-state index contributed by atoms with van der Waals surface area (Å²) >= 11 is 0. The molecule has 0 aromatic heterocycles. The number of rotatable bonds is 10. The van der Waals surface area contributed by atoms with E-state index in [1.807, 2.05) is 6.92 Å². The Labute approximate surface area is 99.5 Å². The lowest BCUT2D eigenvalue weighted by Crippen LogP contribution is -2.36. The van der Waals surface area contributed by atoms with Gasteiger partial charge in [-0.05, 0) is 26.4 Å². The Balaban J connectivity index is 3.66. The molecule has 1 N–H and O–H groups in total. The Kier molecular flexibility index (Phi) is 9.92. The summed E-state index contributed by atoms with van der Waals surface area (Å²) in [6.45, 7) is 9.83. The summed E-state index contributed by atoms with van der Waals surface area (Å²) < 4.78 is 10.4. The van der Waals surface area contributed by atoms with Crippen LogP contribution in [0.5, 0.6) is 0 Å². The van der Waals surface area contributed by atoms with Crippen LogP contribution in [0.25, 0.3) is 0 Å². The SMILES string of the molecule is CCCN(CC)CC(O)COC(C)COC. The summed E-state index contributed by atoms with van der Waals surface area (Å²) in [5.41, 5.74) is 0. The van der Waals surface area contributed by atoms with Crippen molar-refractivity contribution in [2.75, 3.05) is 40.0 Å². The highest BCUT2D eigenvalue weighted by Gasteiger charge is 2.11. The predicted molar refractivity (Wildman–Crippen MR) is 65.7 cm³/mol. The van der Waals surface area contributed by atoms with Crippen molar-refractivity contribution in [3.8, 4) is 0 Å². The van der Waals surface area contributed by atoms with Crippen molar-refractivity contribution >= 4 is 0 Å². The van der Waals surface area contributed by atoms with Gasteiger partial charge in [-0.25, -0.2) is 0 Å². The van der Waals surface area contributed by atoms with Crippen molar-refractivity contribution in [2.24, 2.45) is 0 Å². The van der Waals surface area contributed by atoms with Crippen LogP contribution in [0, 0.1) is 0 Å². The van der Waals surface area contributed by atoms with Gasteiger partial charge in [0.15, 0.2) is 0 Å². The van der Waals surface area contributed by atoms with Crippen molar-refractivity contribution in [3.05, 3.63) is 0 Å². The summed E-state index contributed by atoms with van der Waals surface area (Å²) in [5, 5.41) is 9.79. The molecule has 2 unspecified atom stereocenters. The fourth-order valence-electron chi connectivity index (χ4n) is 1.60. The van der Waals surface area contributed by atoms with Gasteiger partial charge in [0, 0.05) is 13.7 Å². The highest BCUT2D eigenvalue weighted by Crippen LogP contribution is 1.98. The third-order valence-electron chi connectivity index (χ3n) is 2.43. The van der Waals surface area contributed by atoms with Crippen LogP contribution in [0.15, 0.2) is 0 Å². The Morgan fingerprint density at radius 3 is 2.44 bits per heavy atom. The molecule has 0 spiro atoms. The highest BCUT2D eigenvalue weighted by atomic mass is 16.5. The molecule has 98 valence electrons. The van der Waals surface area contributed by atoms with Crippen LogP contribution < -0.4 is 0 Å².